The highest BCUT2D eigenvalue weighted by Crippen LogP contribution is 2.58. The molecule has 0 spiro atoms. The Hall–Kier alpha value is -2.74. The molecular weight excluding hydrogens is 265 g/mol. The van der Waals surface area contributed by atoms with Crippen molar-refractivity contribution in [3.05, 3.63) is 72.8 Å². The molecule has 1 aliphatic rings. The van der Waals surface area contributed by atoms with Crippen LogP contribution < -0.4 is 10.4 Å². The summed E-state index contributed by atoms with van der Waals surface area (Å²) in [5.41, 5.74) is 5.24. The summed E-state index contributed by atoms with van der Waals surface area (Å²) in [7, 11) is 2.16. The average Bonchev–Trinajstić information content (AvgIpc) is 3.29. The van der Waals surface area contributed by atoms with Crippen LogP contribution in [0.1, 0.15) is 0 Å². The Morgan fingerprint density at radius 1 is 0.727 bits per heavy atom. The van der Waals surface area contributed by atoms with Crippen LogP contribution in [0.3, 0.4) is 0 Å². The number of fused-ring (bicyclic) bond motifs is 5. The van der Waals surface area contributed by atoms with E-state index in [-0.39, 0.29) is 0 Å². The number of para-hydroxylation sites is 1. The molecule has 1 heterocycles. The lowest BCUT2D eigenvalue weighted by Crippen LogP contribution is -1.99. The second-order valence-corrected chi connectivity index (χ2v) is 5.99. The topological polar surface area (TPSA) is 3.01 Å². The highest BCUT2D eigenvalue weighted by Gasteiger charge is 2.33. The monoisotopic (exact) mass is 279 g/mol. The molecule has 0 bridgehead atoms. The van der Waals surface area contributed by atoms with Crippen LogP contribution in [0.25, 0.3) is 21.5 Å². The molecule has 0 unspecified atom stereocenters. The van der Waals surface area contributed by atoms with Crippen molar-refractivity contribution in [2.45, 2.75) is 0 Å². The van der Waals surface area contributed by atoms with E-state index in [0.717, 1.165) is 0 Å². The average molecular weight is 279 g/mol. The molecule has 1 aliphatic heterocycles. The summed E-state index contributed by atoms with van der Waals surface area (Å²) in [6.07, 6.45) is 0. The molecule has 0 saturated heterocycles. The highest BCUT2D eigenvalue weighted by atomic mass is 15.3. The van der Waals surface area contributed by atoms with E-state index in [1.54, 1.807) is 0 Å². The zero-order valence-electron chi connectivity index (χ0n) is 12.4. The lowest BCUT2D eigenvalue weighted by Gasteiger charge is -2.05. The van der Waals surface area contributed by atoms with Gasteiger partial charge in [0.05, 0.1) is 11.4 Å². The first-order chi connectivity index (χ1) is 10.8. The molecule has 22 heavy (non-hydrogen) atoms. The SMILES string of the molecule is Bc1ccc2ccc3ccc4c(c3c2c1)N4c1ccccc1. The minimum absolute atomic E-state index is 1.25. The number of benzene rings is 4. The van der Waals surface area contributed by atoms with Gasteiger partial charge in [-0.25, -0.2) is 0 Å². The van der Waals surface area contributed by atoms with Gasteiger partial charge in [-0.15, -0.1) is 0 Å². The van der Waals surface area contributed by atoms with Gasteiger partial charge < -0.3 is 4.90 Å². The summed E-state index contributed by atoms with van der Waals surface area (Å²) in [4.78, 5) is 2.35. The molecule has 0 N–H and O–H groups in total. The van der Waals surface area contributed by atoms with E-state index >= 15 is 0 Å². The summed E-state index contributed by atoms with van der Waals surface area (Å²) in [5.74, 6) is 0. The van der Waals surface area contributed by atoms with E-state index in [1.165, 1.54) is 44.1 Å². The standard InChI is InChI=1S/C20H14BN/c21-15-10-8-13-6-7-14-9-11-18-20(19(14)17(13)12-15)22(18)16-4-2-1-3-5-16/h1-12H,21H2. The fourth-order valence-electron chi connectivity index (χ4n) is 3.44. The molecule has 102 valence electrons. The number of rotatable bonds is 1. The Bertz CT molecular complexity index is 1040. The third-order valence-corrected chi connectivity index (χ3v) is 4.54. The fourth-order valence-corrected chi connectivity index (χ4v) is 3.44. The van der Waals surface area contributed by atoms with Gasteiger partial charge in [0.15, 0.2) is 0 Å². The van der Waals surface area contributed by atoms with Gasteiger partial charge in [-0.2, -0.15) is 0 Å². The molecule has 1 nitrogen and oxygen atoms in total. The highest BCUT2D eigenvalue weighted by molar-refractivity contribution is 6.34. The summed E-state index contributed by atoms with van der Waals surface area (Å²) >= 11 is 0. The van der Waals surface area contributed by atoms with Crippen LogP contribution in [0.15, 0.2) is 72.8 Å². The van der Waals surface area contributed by atoms with E-state index in [1.807, 2.05) is 0 Å². The van der Waals surface area contributed by atoms with Gasteiger partial charge >= 0.3 is 0 Å². The van der Waals surface area contributed by atoms with Gasteiger partial charge in [-0.1, -0.05) is 60.1 Å². The van der Waals surface area contributed by atoms with E-state index in [4.69, 9.17) is 0 Å². The molecule has 4 aromatic carbocycles. The molecule has 0 fully saturated rings. The van der Waals surface area contributed by atoms with Crippen molar-refractivity contribution in [1.29, 1.82) is 0 Å². The van der Waals surface area contributed by atoms with Crippen LogP contribution >= 0.6 is 0 Å². The second-order valence-electron chi connectivity index (χ2n) is 5.99. The third-order valence-electron chi connectivity index (χ3n) is 4.54. The molecule has 0 atom stereocenters. The number of hydrogen-bond acceptors (Lipinski definition) is 1. The largest absolute Gasteiger partial charge is 0.306 e. The van der Waals surface area contributed by atoms with Crippen LogP contribution in [0.4, 0.5) is 17.1 Å². The van der Waals surface area contributed by atoms with Gasteiger partial charge in [-0.05, 0) is 34.4 Å². The number of nitrogens with zero attached hydrogens (tertiary/aromatic N) is 1. The summed E-state index contributed by atoms with van der Waals surface area (Å²) in [5, 5.41) is 5.36. The van der Waals surface area contributed by atoms with Crippen LogP contribution in [-0.4, -0.2) is 7.85 Å². The van der Waals surface area contributed by atoms with Crippen molar-refractivity contribution in [3.8, 4) is 0 Å². The normalized spacial score (nSPS) is 12.6. The van der Waals surface area contributed by atoms with E-state index in [9.17, 15) is 0 Å². The third kappa shape index (κ3) is 1.55. The molecule has 0 saturated carbocycles. The molecule has 0 aliphatic carbocycles. The summed E-state index contributed by atoms with van der Waals surface area (Å²) in [6.45, 7) is 0. The Morgan fingerprint density at radius 3 is 2.32 bits per heavy atom. The number of hydrogen-bond donors (Lipinski definition) is 0. The number of anilines is 3. The molecule has 2 heteroatoms. The molecule has 5 rings (SSSR count). The van der Waals surface area contributed by atoms with Crippen molar-refractivity contribution in [2.24, 2.45) is 0 Å². The lowest BCUT2D eigenvalue weighted by atomic mass is 9.91. The van der Waals surface area contributed by atoms with Crippen molar-refractivity contribution in [3.63, 3.8) is 0 Å². The molecule has 0 aromatic heterocycles. The zero-order valence-corrected chi connectivity index (χ0v) is 12.4. The van der Waals surface area contributed by atoms with Crippen LogP contribution in [0.2, 0.25) is 0 Å². The molecular formula is C20H14BN. The van der Waals surface area contributed by atoms with Crippen LogP contribution in [0, 0.1) is 0 Å². The fraction of sp³-hybridized carbons (Fsp3) is 0. The minimum Gasteiger partial charge on any atom is -0.306 e. The predicted molar refractivity (Wildman–Crippen MR) is 97.9 cm³/mol. The minimum atomic E-state index is 1.25. The van der Waals surface area contributed by atoms with E-state index in [0.29, 0.717) is 0 Å². The van der Waals surface area contributed by atoms with E-state index < -0.39 is 0 Å². The van der Waals surface area contributed by atoms with Crippen molar-refractivity contribution in [1.82, 2.24) is 0 Å². The second kappa shape index (κ2) is 4.14. The summed E-state index contributed by atoms with van der Waals surface area (Å²) in [6, 6.07) is 26.2. The van der Waals surface area contributed by atoms with Gasteiger partial charge in [0, 0.05) is 11.1 Å². The van der Waals surface area contributed by atoms with Gasteiger partial charge in [0.2, 0.25) is 0 Å². The van der Waals surface area contributed by atoms with Crippen LogP contribution in [0.5, 0.6) is 0 Å². The van der Waals surface area contributed by atoms with Crippen molar-refractivity contribution < 1.29 is 0 Å². The molecule has 0 amide bonds. The summed E-state index contributed by atoms with van der Waals surface area (Å²) < 4.78 is 0. The maximum absolute atomic E-state index is 2.35. The quantitative estimate of drug-likeness (QED) is 0.254. The van der Waals surface area contributed by atoms with Crippen molar-refractivity contribution >= 4 is 51.9 Å². The van der Waals surface area contributed by atoms with Crippen molar-refractivity contribution in [2.75, 3.05) is 4.90 Å². The Kier molecular flexibility index (Phi) is 2.23. The first kappa shape index (κ1) is 11.9. The Balaban J connectivity index is 1.84. The van der Waals surface area contributed by atoms with Gasteiger partial charge in [0.1, 0.15) is 7.85 Å². The first-order valence-corrected chi connectivity index (χ1v) is 7.64. The predicted octanol–water partition coefficient (Wildman–Crippen LogP) is 4.03. The van der Waals surface area contributed by atoms with Gasteiger partial charge in [0.25, 0.3) is 0 Å². The Labute approximate surface area is 130 Å². The maximum atomic E-state index is 2.35. The smallest absolute Gasteiger partial charge is 0.139 e. The first-order valence-electron chi connectivity index (χ1n) is 7.64. The Morgan fingerprint density at radius 2 is 1.45 bits per heavy atom. The van der Waals surface area contributed by atoms with E-state index in [2.05, 4.69) is 85.5 Å². The lowest BCUT2D eigenvalue weighted by molar-refractivity contribution is 1.50. The maximum Gasteiger partial charge on any atom is 0.139 e. The molecule has 4 aromatic rings. The molecule has 0 radical (unpaired) electrons. The van der Waals surface area contributed by atoms with Crippen LogP contribution in [-0.2, 0) is 0 Å². The zero-order chi connectivity index (χ0) is 14.7. The van der Waals surface area contributed by atoms with Gasteiger partial charge in [-0.3, -0.25) is 0 Å².